The van der Waals surface area contributed by atoms with Crippen molar-refractivity contribution in [3.63, 3.8) is 0 Å². The lowest BCUT2D eigenvalue weighted by atomic mass is 10.0. The highest BCUT2D eigenvalue weighted by molar-refractivity contribution is 5.92. The van der Waals surface area contributed by atoms with Crippen molar-refractivity contribution < 1.29 is 18.4 Å². The van der Waals surface area contributed by atoms with Gasteiger partial charge in [0.2, 0.25) is 11.9 Å². The van der Waals surface area contributed by atoms with Gasteiger partial charge in [0, 0.05) is 38.0 Å². The molecule has 3 rings (SSSR count). The zero-order chi connectivity index (χ0) is 20.6. The molecule has 0 radical (unpaired) electrons. The Hall–Kier alpha value is -2.97. The van der Waals surface area contributed by atoms with E-state index < -0.39 is 17.9 Å². The molecule has 0 bridgehead atoms. The van der Waals surface area contributed by atoms with Crippen molar-refractivity contribution in [2.45, 2.75) is 32.1 Å². The molecular formula is C20H25F2N5O2. The highest BCUT2D eigenvalue weighted by Crippen LogP contribution is 2.23. The number of hydrogen-bond acceptors (Lipinski definition) is 3. The fraction of sp³-hybridized carbons (Fsp3) is 0.450. The number of carbonyl (C=O) groups is 2. The van der Waals surface area contributed by atoms with Gasteiger partial charge < -0.3 is 20.5 Å². The number of rotatable bonds is 8. The van der Waals surface area contributed by atoms with E-state index in [2.05, 4.69) is 20.6 Å². The van der Waals surface area contributed by atoms with E-state index in [4.69, 9.17) is 0 Å². The second kappa shape index (κ2) is 9.99. The molecule has 7 nitrogen and oxygen atoms in total. The van der Waals surface area contributed by atoms with Crippen LogP contribution in [0.4, 0.5) is 19.3 Å². The van der Waals surface area contributed by atoms with Crippen LogP contribution in [0, 0.1) is 17.8 Å². The van der Waals surface area contributed by atoms with Gasteiger partial charge in [-0.15, -0.1) is 0 Å². The van der Waals surface area contributed by atoms with Gasteiger partial charge in [-0.1, -0.05) is 12.8 Å². The summed E-state index contributed by atoms with van der Waals surface area (Å²) in [7, 11) is 0. The maximum absolute atomic E-state index is 13.0. The maximum Gasteiger partial charge on any atom is 0.319 e. The van der Waals surface area contributed by atoms with Crippen LogP contribution in [0.25, 0.3) is 0 Å². The maximum atomic E-state index is 13.0. The molecule has 0 saturated carbocycles. The number of aromatic amines is 1. The molecule has 1 aliphatic rings. The van der Waals surface area contributed by atoms with E-state index >= 15 is 0 Å². The fourth-order valence-corrected chi connectivity index (χ4v) is 3.54. The first-order valence-corrected chi connectivity index (χ1v) is 9.82. The lowest BCUT2D eigenvalue weighted by molar-refractivity contribution is 0.0781. The van der Waals surface area contributed by atoms with Crippen LogP contribution in [-0.4, -0.2) is 46.4 Å². The number of unbranched alkanes of at least 4 members (excludes halogenated alkanes) is 2. The second-order valence-corrected chi connectivity index (χ2v) is 7.22. The van der Waals surface area contributed by atoms with Crippen LogP contribution in [0.1, 0.15) is 42.6 Å². The predicted molar refractivity (Wildman–Crippen MR) is 104 cm³/mol. The third kappa shape index (κ3) is 6.27. The van der Waals surface area contributed by atoms with Gasteiger partial charge in [0.15, 0.2) is 0 Å². The largest absolute Gasteiger partial charge is 0.357 e. The topological polar surface area (TPSA) is 90.1 Å². The van der Waals surface area contributed by atoms with Gasteiger partial charge >= 0.3 is 6.03 Å². The van der Waals surface area contributed by atoms with Crippen molar-refractivity contribution in [3.05, 3.63) is 48.1 Å². The standard InChI is InChI=1S/C20H25F2N5O2/c21-17-11-15(12-18(22)26-17)25-20(29)24-8-3-1-2-5-14-7-10-27(13-14)19(28)16-6-4-9-23-16/h4,6,9,11-12,14,23H,1-3,5,7-8,10,13H2,(H2,24,25,26,29). The Kier molecular flexibility index (Phi) is 7.15. The summed E-state index contributed by atoms with van der Waals surface area (Å²) in [5, 5.41) is 5.04. The Bertz CT molecular complexity index is 808. The Morgan fingerprint density at radius 2 is 2.00 bits per heavy atom. The van der Waals surface area contributed by atoms with Crippen LogP contribution in [-0.2, 0) is 0 Å². The van der Waals surface area contributed by atoms with E-state index in [-0.39, 0.29) is 11.6 Å². The monoisotopic (exact) mass is 405 g/mol. The molecule has 1 saturated heterocycles. The number of nitrogens with one attached hydrogen (secondary N) is 3. The van der Waals surface area contributed by atoms with Crippen molar-refractivity contribution in [1.29, 1.82) is 0 Å². The zero-order valence-corrected chi connectivity index (χ0v) is 16.1. The number of halogens is 2. The summed E-state index contributed by atoms with van der Waals surface area (Å²) >= 11 is 0. The average Bonchev–Trinajstić information content (AvgIpc) is 3.35. The Morgan fingerprint density at radius 3 is 2.72 bits per heavy atom. The second-order valence-electron chi connectivity index (χ2n) is 7.22. The van der Waals surface area contributed by atoms with Gasteiger partial charge in [-0.3, -0.25) is 4.79 Å². The summed E-state index contributed by atoms with van der Waals surface area (Å²) in [6, 6.07) is 5.01. The first kappa shape index (κ1) is 20.8. The number of likely N-dealkylation sites (tertiary alicyclic amines) is 1. The zero-order valence-electron chi connectivity index (χ0n) is 16.1. The van der Waals surface area contributed by atoms with Gasteiger partial charge in [0.05, 0.1) is 5.69 Å². The van der Waals surface area contributed by atoms with Crippen molar-refractivity contribution in [2.24, 2.45) is 5.92 Å². The van der Waals surface area contributed by atoms with Gasteiger partial charge in [0.1, 0.15) is 5.69 Å². The van der Waals surface area contributed by atoms with Gasteiger partial charge in [-0.2, -0.15) is 13.8 Å². The van der Waals surface area contributed by atoms with Crippen molar-refractivity contribution in [2.75, 3.05) is 25.0 Å². The number of carbonyl (C=O) groups excluding carboxylic acids is 2. The molecule has 3 N–H and O–H groups in total. The number of nitrogens with zero attached hydrogens (tertiary/aromatic N) is 2. The first-order valence-electron chi connectivity index (χ1n) is 9.82. The minimum absolute atomic E-state index is 0.0205. The molecule has 0 aromatic carbocycles. The predicted octanol–water partition coefficient (Wildman–Crippen LogP) is 3.53. The van der Waals surface area contributed by atoms with E-state index in [0.717, 1.165) is 57.3 Å². The molecule has 1 aliphatic heterocycles. The average molecular weight is 405 g/mol. The third-order valence-corrected chi connectivity index (χ3v) is 5.00. The van der Waals surface area contributed by atoms with Gasteiger partial charge in [-0.25, -0.2) is 4.79 Å². The molecule has 29 heavy (non-hydrogen) atoms. The van der Waals surface area contributed by atoms with E-state index in [1.165, 1.54) is 0 Å². The molecule has 0 spiro atoms. The summed E-state index contributed by atoms with van der Waals surface area (Å²) in [5.41, 5.74) is 0.652. The normalized spacial score (nSPS) is 16.1. The third-order valence-electron chi connectivity index (χ3n) is 5.00. The molecular weight excluding hydrogens is 380 g/mol. The number of urea groups is 1. The van der Waals surface area contributed by atoms with Crippen LogP contribution in [0.2, 0.25) is 0 Å². The molecule has 1 unspecified atom stereocenters. The SMILES string of the molecule is O=C(NCCCCCC1CCN(C(=O)c2ccc[nH]2)C1)Nc1cc(F)nc(F)c1. The molecule has 2 aromatic rings. The first-order chi connectivity index (χ1) is 14.0. The Balaban J connectivity index is 1.26. The van der Waals surface area contributed by atoms with Crippen LogP contribution in [0.15, 0.2) is 30.5 Å². The molecule has 3 amide bonds. The molecule has 1 fully saturated rings. The van der Waals surface area contributed by atoms with Crippen molar-refractivity contribution >= 4 is 17.6 Å². The highest BCUT2D eigenvalue weighted by atomic mass is 19.1. The molecule has 156 valence electrons. The number of hydrogen-bond donors (Lipinski definition) is 3. The lowest BCUT2D eigenvalue weighted by Gasteiger charge is -2.15. The van der Waals surface area contributed by atoms with Gasteiger partial charge in [-0.05, 0) is 37.3 Å². The van der Waals surface area contributed by atoms with Crippen LogP contribution < -0.4 is 10.6 Å². The molecule has 2 aromatic heterocycles. The number of amides is 3. The van der Waals surface area contributed by atoms with Crippen LogP contribution >= 0.6 is 0 Å². The van der Waals surface area contributed by atoms with Crippen LogP contribution in [0.5, 0.6) is 0 Å². The smallest absolute Gasteiger partial charge is 0.319 e. The quantitative estimate of drug-likeness (QED) is 0.464. The summed E-state index contributed by atoms with van der Waals surface area (Å²) in [6.07, 6.45) is 6.62. The fourth-order valence-electron chi connectivity index (χ4n) is 3.54. The number of aromatic nitrogens is 2. The molecule has 9 heteroatoms. The minimum Gasteiger partial charge on any atom is -0.357 e. The van der Waals surface area contributed by atoms with Gasteiger partial charge in [0.25, 0.3) is 5.91 Å². The minimum atomic E-state index is -0.986. The van der Waals surface area contributed by atoms with Crippen molar-refractivity contribution in [1.82, 2.24) is 20.2 Å². The Labute approximate surface area is 167 Å². The summed E-state index contributed by atoms with van der Waals surface area (Å²) in [4.78, 5) is 31.9. The molecule has 0 aliphatic carbocycles. The van der Waals surface area contributed by atoms with E-state index in [0.29, 0.717) is 18.2 Å². The summed E-state index contributed by atoms with van der Waals surface area (Å²) in [5.74, 6) is -1.40. The molecule has 3 heterocycles. The van der Waals surface area contributed by atoms with Crippen molar-refractivity contribution in [3.8, 4) is 0 Å². The van der Waals surface area contributed by atoms with E-state index in [1.807, 2.05) is 11.0 Å². The molecule has 1 atom stereocenters. The number of anilines is 1. The lowest BCUT2D eigenvalue weighted by Crippen LogP contribution is -2.29. The van der Waals surface area contributed by atoms with Crippen LogP contribution in [0.3, 0.4) is 0 Å². The number of H-pyrrole nitrogens is 1. The highest BCUT2D eigenvalue weighted by Gasteiger charge is 2.26. The summed E-state index contributed by atoms with van der Waals surface area (Å²) in [6.45, 7) is 2.06. The Morgan fingerprint density at radius 1 is 1.21 bits per heavy atom. The van der Waals surface area contributed by atoms with E-state index in [9.17, 15) is 18.4 Å². The number of pyridine rings is 1. The van der Waals surface area contributed by atoms with E-state index in [1.54, 1.807) is 12.3 Å². The summed E-state index contributed by atoms with van der Waals surface area (Å²) < 4.78 is 26.0.